The molecular formula is C16H23F2N. The number of hydrogen-bond acceptors (Lipinski definition) is 1. The summed E-state index contributed by atoms with van der Waals surface area (Å²) in [4.78, 5) is 0. The van der Waals surface area contributed by atoms with Gasteiger partial charge in [0.2, 0.25) is 5.92 Å². The first-order chi connectivity index (χ1) is 8.97. The highest BCUT2D eigenvalue weighted by Crippen LogP contribution is 2.41. The Bertz CT molecular complexity index is 417. The minimum atomic E-state index is -2.67. The van der Waals surface area contributed by atoms with Crippen molar-refractivity contribution in [2.24, 2.45) is 5.73 Å². The van der Waals surface area contributed by atoms with E-state index in [0.717, 1.165) is 43.7 Å². The number of hydrogen-bond donors (Lipinski definition) is 1. The molecule has 0 radical (unpaired) electrons. The fourth-order valence-corrected chi connectivity index (χ4v) is 3.34. The second-order valence-electron chi connectivity index (χ2n) is 5.95. The van der Waals surface area contributed by atoms with E-state index in [0.29, 0.717) is 6.54 Å². The Morgan fingerprint density at radius 3 is 2.37 bits per heavy atom. The van der Waals surface area contributed by atoms with E-state index in [1.54, 1.807) is 0 Å². The van der Waals surface area contributed by atoms with Gasteiger partial charge in [-0.05, 0) is 30.9 Å². The average Bonchev–Trinajstić information content (AvgIpc) is 2.38. The number of alkyl halides is 2. The molecule has 1 aromatic carbocycles. The third kappa shape index (κ3) is 3.33. The van der Waals surface area contributed by atoms with Crippen LogP contribution in [0.5, 0.6) is 0 Å². The summed E-state index contributed by atoms with van der Waals surface area (Å²) in [5.74, 6) is -2.67. The zero-order chi connectivity index (χ0) is 13.9. The van der Waals surface area contributed by atoms with E-state index in [4.69, 9.17) is 5.73 Å². The van der Waals surface area contributed by atoms with Gasteiger partial charge in [0.25, 0.3) is 0 Å². The summed E-state index contributed by atoms with van der Waals surface area (Å²) in [6.07, 6.45) is 5.38. The van der Waals surface area contributed by atoms with Gasteiger partial charge in [-0.25, -0.2) is 8.78 Å². The summed E-state index contributed by atoms with van der Waals surface area (Å²) in [5.41, 5.74) is 7.75. The van der Waals surface area contributed by atoms with Gasteiger partial charge in [0, 0.05) is 18.4 Å². The second kappa shape index (κ2) is 5.58. The molecule has 1 nitrogen and oxygen atoms in total. The number of rotatable bonds is 4. The van der Waals surface area contributed by atoms with Crippen LogP contribution in [0, 0.1) is 0 Å². The minimum absolute atomic E-state index is 0.0832. The molecule has 0 spiro atoms. The standard InChI is InChI=1S/C16H23F2N/c1-15(17,18)11-13-7-3-4-8-14(13)16(12-19)9-5-2-6-10-16/h3-4,7-8H,2,5-6,9-12,19H2,1H3. The maximum atomic E-state index is 13.4. The summed E-state index contributed by atoms with van der Waals surface area (Å²) in [6.45, 7) is 1.54. The molecule has 2 N–H and O–H groups in total. The van der Waals surface area contributed by atoms with Crippen LogP contribution in [-0.4, -0.2) is 12.5 Å². The topological polar surface area (TPSA) is 26.0 Å². The van der Waals surface area contributed by atoms with E-state index < -0.39 is 5.92 Å². The summed E-state index contributed by atoms with van der Waals surface area (Å²) < 4.78 is 26.7. The van der Waals surface area contributed by atoms with Crippen LogP contribution in [0.1, 0.15) is 50.2 Å². The number of nitrogens with two attached hydrogens (primary N) is 1. The third-order valence-corrected chi connectivity index (χ3v) is 4.29. The molecule has 1 aliphatic rings. The van der Waals surface area contributed by atoms with E-state index in [1.807, 2.05) is 24.3 Å². The molecule has 0 unspecified atom stereocenters. The van der Waals surface area contributed by atoms with Crippen LogP contribution in [0.2, 0.25) is 0 Å². The summed E-state index contributed by atoms with van der Waals surface area (Å²) in [6, 6.07) is 7.62. The van der Waals surface area contributed by atoms with Crippen LogP contribution < -0.4 is 5.73 Å². The van der Waals surface area contributed by atoms with E-state index >= 15 is 0 Å². The predicted octanol–water partition coefficient (Wildman–Crippen LogP) is 4.04. The molecule has 19 heavy (non-hydrogen) atoms. The fraction of sp³-hybridized carbons (Fsp3) is 0.625. The SMILES string of the molecule is CC(F)(F)Cc1ccccc1C1(CN)CCCCC1. The highest BCUT2D eigenvalue weighted by atomic mass is 19.3. The quantitative estimate of drug-likeness (QED) is 0.875. The van der Waals surface area contributed by atoms with Gasteiger partial charge in [-0.15, -0.1) is 0 Å². The first-order valence-electron chi connectivity index (χ1n) is 7.13. The summed E-state index contributed by atoms with van der Waals surface area (Å²) >= 11 is 0. The number of halogens is 2. The smallest absolute Gasteiger partial charge is 0.249 e. The highest BCUT2D eigenvalue weighted by molar-refractivity contribution is 5.36. The zero-order valence-electron chi connectivity index (χ0n) is 11.6. The molecule has 3 heteroatoms. The van der Waals surface area contributed by atoms with Gasteiger partial charge < -0.3 is 5.73 Å². The predicted molar refractivity (Wildman–Crippen MR) is 74.6 cm³/mol. The van der Waals surface area contributed by atoms with Gasteiger partial charge in [0.15, 0.2) is 0 Å². The first-order valence-corrected chi connectivity index (χ1v) is 7.13. The Morgan fingerprint density at radius 2 is 1.79 bits per heavy atom. The van der Waals surface area contributed by atoms with Crippen LogP contribution in [0.25, 0.3) is 0 Å². The van der Waals surface area contributed by atoms with Gasteiger partial charge >= 0.3 is 0 Å². The lowest BCUT2D eigenvalue weighted by Crippen LogP contribution is -2.38. The average molecular weight is 267 g/mol. The lowest BCUT2D eigenvalue weighted by atomic mass is 9.68. The van der Waals surface area contributed by atoms with Crippen molar-refractivity contribution in [1.82, 2.24) is 0 Å². The van der Waals surface area contributed by atoms with Crippen LogP contribution in [0.3, 0.4) is 0 Å². The monoisotopic (exact) mass is 267 g/mol. The molecule has 0 amide bonds. The van der Waals surface area contributed by atoms with Crippen molar-refractivity contribution >= 4 is 0 Å². The third-order valence-electron chi connectivity index (χ3n) is 4.29. The minimum Gasteiger partial charge on any atom is -0.330 e. The maximum absolute atomic E-state index is 13.4. The normalized spacial score (nSPS) is 19.4. The van der Waals surface area contributed by atoms with Crippen LogP contribution in [0.4, 0.5) is 8.78 Å². The molecule has 0 atom stereocenters. The zero-order valence-corrected chi connectivity index (χ0v) is 11.6. The molecule has 0 aromatic heterocycles. The molecule has 0 bridgehead atoms. The van der Waals surface area contributed by atoms with Crippen molar-refractivity contribution in [1.29, 1.82) is 0 Å². The van der Waals surface area contributed by atoms with Crippen LogP contribution in [0.15, 0.2) is 24.3 Å². The molecular weight excluding hydrogens is 244 g/mol. The Labute approximate surface area is 114 Å². The van der Waals surface area contributed by atoms with Crippen molar-refractivity contribution in [2.45, 2.75) is 56.8 Å². The molecule has 2 rings (SSSR count). The van der Waals surface area contributed by atoms with Gasteiger partial charge in [0.1, 0.15) is 0 Å². The van der Waals surface area contributed by atoms with Gasteiger partial charge in [-0.3, -0.25) is 0 Å². The highest BCUT2D eigenvalue weighted by Gasteiger charge is 2.35. The first kappa shape index (κ1) is 14.4. The Balaban J connectivity index is 2.37. The summed E-state index contributed by atoms with van der Waals surface area (Å²) in [7, 11) is 0. The van der Waals surface area contributed by atoms with Crippen molar-refractivity contribution in [3.8, 4) is 0 Å². The van der Waals surface area contributed by atoms with E-state index in [-0.39, 0.29) is 11.8 Å². The molecule has 0 heterocycles. The Morgan fingerprint density at radius 1 is 1.16 bits per heavy atom. The fourth-order valence-electron chi connectivity index (χ4n) is 3.34. The molecule has 1 fully saturated rings. The largest absolute Gasteiger partial charge is 0.330 e. The maximum Gasteiger partial charge on any atom is 0.249 e. The molecule has 1 aliphatic carbocycles. The molecule has 0 aliphatic heterocycles. The van der Waals surface area contributed by atoms with E-state index in [2.05, 4.69) is 0 Å². The van der Waals surface area contributed by atoms with Gasteiger partial charge in [-0.2, -0.15) is 0 Å². The number of benzene rings is 1. The van der Waals surface area contributed by atoms with Gasteiger partial charge in [-0.1, -0.05) is 43.5 Å². The van der Waals surface area contributed by atoms with Crippen LogP contribution in [-0.2, 0) is 11.8 Å². The van der Waals surface area contributed by atoms with Crippen molar-refractivity contribution < 1.29 is 8.78 Å². The Kier molecular flexibility index (Phi) is 4.24. The lowest BCUT2D eigenvalue weighted by Gasteiger charge is -2.38. The van der Waals surface area contributed by atoms with E-state index in [9.17, 15) is 8.78 Å². The molecule has 0 saturated heterocycles. The second-order valence-corrected chi connectivity index (χ2v) is 5.95. The molecule has 1 aromatic rings. The van der Waals surface area contributed by atoms with Crippen molar-refractivity contribution in [3.63, 3.8) is 0 Å². The summed E-state index contributed by atoms with van der Waals surface area (Å²) in [5, 5.41) is 0. The van der Waals surface area contributed by atoms with Gasteiger partial charge in [0.05, 0.1) is 0 Å². The molecule has 106 valence electrons. The van der Waals surface area contributed by atoms with Crippen LogP contribution >= 0.6 is 0 Å². The van der Waals surface area contributed by atoms with Crippen molar-refractivity contribution in [3.05, 3.63) is 35.4 Å². The Hall–Kier alpha value is -0.960. The lowest BCUT2D eigenvalue weighted by molar-refractivity contribution is 0.0221. The van der Waals surface area contributed by atoms with E-state index in [1.165, 1.54) is 6.42 Å². The van der Waals surface area contributed by atoms with Crippen molar-refractivity contribution in [2.75, 3.05) is 6.54 Å². The molecule has 1 saturated carbocycles.